The van der Waals surface area contributed by atoms with Crippen molar-refractivity contribution >= 4 is 27.5 Å². The van der Waals surface area contributed by atoms with Crippen molar-refractivity contribution in [2.75, 3.05) is 57.3 Å². The van der Waals surface area contributed by atoms with E-state index in [1.54, 1.807) is 0 Å². The Hall–Kier alpha value is -4.11. The number of nitrogens with one attached hydrogen (secondary N) is 2. The number of rotatable bonds is 7. The maximum Gasteiger partial charge on any atom is 0.319 e. The predicted octanol–water partition coefficient (Wildman–Crippen LogP) is 5.73. The summed E-state index contributed by atoms with van der Waals surface area (Å²) in [6.45, 7) is 7.05. The number of fused-ring (bicyclic) bond motifs is 4. The third-order valence-corrected chi connectivity index (χ3v) is 12.1. The highest BCUT2D eigenvalue weighted by Gasteiger charge is 2.47. The molecule has 1 aliphatic carbocycles. The smallest absolute Gasteiger partial charge is 0.319 e. The molecule has 5 fully saturated rings. The summed E-state index contributed by atoms with van der Waals surface area (Å²) in [5, 5.41) is 18.5. The normalized spacial score (nSPS) is 23.9. The van der Waals surface area contributed by atoms with E-state index in [0.29, 0.717) is 36.3 Å². The van der Waals surface area contributed by atoms with Crippen LogP contribution in [0.5, 0.6) is 11.8 Å². The minimum atomic E-state index is -0.949. The van der Waals surface area contributed by atoms with Crippen molar-refractivity contribution in [2.45, 2.75) is 57.0 Å². The van der Waals surface area contributed by atoms with Gasteiger partial charge in [-0.1, -0.05) is 12.0 Å². The number of ether oxygens (including phenoxy) is 1. The van der Waals surface area contributed by atoms with Crippen molar-refractivity contribution in [3.8, 4) is 35.2 Å². The quantitative estimate of drug-likeness (QED) is 0.213. The molecule has 3 N–H and O–H groups in total. The van der Waals surface area contributed by atoms with Crippen LogP contribution in [0.15, 0.2) is 30.3 Å². The van der Waals surface area contributed by atoms with Gasteiger partial charge in [0.15, 0.2) is 5.82 Å². The molecule has 50 heavy (non-hydrogen) atoms. The number of piperidine rings is 1. The number of hydrogen-bond donors (Lipinski definition) is 3. The second-order valence-corrected chi connectivity index (χ2v) is 15.5. The summed E-state index contributed by atoms with van der Waals surface area (Å²) in [4.78, 5) is 14.1. The molecular formula is C39H41F3N6O2. The first-order chi connectivity index (χ1) is 24.2. The van der Waals surface area contributed by atoms with E-state index >= 15 is 8.78 Å². The fourth-order valence-electron chi connectivity index (χ4n) is 9.07. The van der Waals surface area contributed by atoms with E-state index in [4.69, 9.17) is 16.1 Å². The third-order valence-electron chi connectivity index (χ3n) is 12.1. The Morgan fingerprint density at radius 3 is 2.46 bits per heavy atom. The van der Waals surface area contributed by atoms with Gasteiger partial charge in [0, 0.05) is 60.0 Å². The second-order valence-electron chi connectivity index (χ2n) is 15.5. The molecule has 0 radical (unpaired) electrons. The number of phenolic OH excluding ortho intramolecular Hbond substituents is 1. The molecule has 3 aromatic carbocycles. The topological polar surface area (TPSA) is 85.8 Å². The number of hydrogen-bond acceptors (Lipinski definition) is 8. The van der Waals surface area contributed by atoms with Crippen LogP contribution in [-0.4, -0.2) is 84.5 Å². The van der Waals surface area contributed by atoms with E-state index in [-0.39, 0.29) is 56.7 Å². The van der Waals surface area contributed by atoms with Crippen molar-refractivity contribution in [1.29, 1.82) is 0 Å². The van der Waals surface area contributed by atoms with Crippen LogP contribution in [0.3, 0.4) is 0 Å². The first kappa shape index (κ1) is 31.8. The van der Waals surface area contributed by atoms with Crippen LogP contribution in [0.1, 0.15) is 50.5 Å². The number of aromatic nitrogens is 2. The first-order valence-corrected chi connectivity index (χ1v) is 17.9. The molecule has 260 valence electrons. The fourth-order valence-corrected chi connectivity index (χ4v) is 9.07. The zero-order chi connectivity index (χ0) is 34.2. The number of aromatic hydroxyl groups is 1. The van der Waals surface area contributed by atoms with Crippen molar-refractivity contribution in [3.05, 3.63) is 53.3 Å². The van der Waals surface area contributed by atoms with Crippen LogP contribution in [0, 0.1) is 40.6 Å². The van der Waals surface area contributed by atoms with Gasteiger partial charge in [-0.25, -0.2) is 13.2 Å². The summed E-state index contributed by atoms with van der Waals surface area (Å²) < 4.78 is 54.6. The highest BCUT2D eigenvalue weighted by atomic mass is 19.1. The van der Waals surface area contributed by atoms with Crippen LogP contribution < -0.4 is 20.3 Å². The van der Waals surface area contributed by atoms with Crippen molar-refractivity contribution in [1.82, 2.24) is 25.5 Å². The minimum absolute atomic E-state index is 0.00621. The molecular weight excluding hydrogens is 641 g/mol. The monoisotopic (exact) mass is 682 g/mol. The number of nitrogens with zero attached hydrogens (tertiary/aromatic N) is 4. The molecule has 2 unspecified atom stereocenters. The lowest BCUT2D eigenvalue weighted by Crippen LogP contribution is -2.51. The fraction of sp³-hybridized carbons (Fsp3) is 0.487. The van der Waals surface area contributed by atoms with E-state index in [9.17, 15) is 9.50 Å². The minimum Gasteiger partial charge on any atom is -0.508 e. The van der Waals surface area contributed by atoms with Gasteiger partial charge >= 0.3 is 6.01 Å². The first-order valence-electron chi connectivity index (χ1n) is 17.9. The second kappa shape index (κ2) is 12.0. The lowest BCUT2D eigenvalue weighted by Gasteiger charge is -2.40. The average molecular weight is 683 g/mol. The van der Waals surface area contributed by atoms with Crippen LogP contribution in [0.4, 0.5) is 19.0 Å². The van der Waals surface area contributed by atoms with Crippen molar-refractivity contribution in [3.63, 3.8) is 0 Å². The lowest BCUT2D eigenvalue weighted by molar-refractivity contribution is 0.0854. The van der Waals surface area contributed by atoms with E-state index in [0.717, 1.165) is 58.4 Å². The summed E-state index contributed by atoms with van der Waals surface area (Å²) in [6.07, 6.45) is 13.5. The summed E-state index contributed by atoms with van der Waals surface area (Å²) in [6, 6.07) is 7.02. The Labute approximate surface area is 289 Å². The Morgan fingerprint density at radius 2 is 1.76 bits per heavy atom. The Morgan fingerprint density at radius 1 is 0.980 bits per heavy atom. The highest BCUT2D eigenvalue weighted by molar-refractivity contribution is 6.04. The number of anilines is 1. The SMILES string of the molecule is C#Cc1c(F)ccc2cc(O)cc(-c3c(F)cc4c(N5CC6CCC(C5)N6)nc(OCC5(CN6CCC7(CCNC7)CC6)CC5)nc4c3F)c12. The molecule has 1 saturated carbocycles. The standard InChI is InChI=1S/C39H41F3N6O2/c1-2-27-30(40)6-3-23-15-26(49)16-28(32(23)27)33-31(41)17-29-35(34(33)42)45-37(46-36(29)48-18-24-4-5-25(19-48)44-24)50-22-39(7-8-39)21-47-13-10-38(11-14-47)9-12-43-20-38/h1,3,6,15-17,24-25,43-44,49H,4-5,7-14,18-22H2. The number of benzene rings is 3. The maximum absolute atomic E-state index is 17.0. The number of halogens is 3. The van der Waals surface area contributed by atoms with E-state index in [2.05, 4.69) is 31.3 Å². The van der Waals surface area contributed by atoms with Gasteiger partial charge in [-0.15, -0.1) is 6.42 Å². The molecule has 1 aromatic heterocycles. The largest absolute Gasteiger partial charge is 0.508 e. The van der Waals surface area contributed by atoms with Crippen LogP contribution >= 0.6 is 0 Å². The zero-order valence-electron chi connectivity index (χ0n) is 28.0. The molecule has 8 nitrogen and oxygen atoms in total. The summed E-state index contributed by atoms with van der Waals surface area (Å²) in [5.41, 5.74) is -0.298. The molecule has 4 saturated heterocycles. The van der Waals surface area contributed by atoms with E-state index < -0.39 is 23.0 Å². The Balaban J connectivity index is 1.09. The highest BCUT2D eigenvalue weighted by Crippen LogP contribution is 2.48. The third kappa shape index (κ3) is 5.52. The van der Waals surface area contributed by atoms with Crippen LogP contribution in [-0.2, 0) is 0 Å². The molecule has 2 bridgehead atoms. The van der Waals surface area contributed by atoms with Gasteiger partial charge < -0.3 is 30.3 Å². The van der Waals surface area contributed by atoms with Gasteiger partial charge in [-0.3, -0.25) is 0 Å². The van der Waals surface area contributed by atoms with Crippen molar-refractivity contribution < 1.29 is 23.0 Å². The molecule has 4 aromatic rings. The van der Waals surface area contributed by atoms with E-state index in [1.165, 1.54) is 49.6 Å². The molecule has 5 aliphatic rings. The molecule has 11 heteroatoms. The molecule has 2 atom stereocenters. The van der Waals surface area contributed by atoms with Gasteiger partial charge in [0.25, 0.3) is 0 Å². The predicted molar refractivity (Wildman–Crippen MR) is 187 cm³/mol. The van der Waals surface area contributed by atoms with E-state index in [1.807, 2.05) is 0 Å². The molecule has 0 amide bonds. The summed E-state index contributed by atoms with van der Waals surface area (Å²) >= 11 is 0. The number of piperazine rings is 1. The summed E-state index contributed by atoms with van der Waals surface area (Å²) in [5.74, 6) is -0.00697. The molecule has 9 rings (SSSR count). The number of terminal acetylenes is 1. The Kier molecular flexibility index (Phi) is 7.64. The van der Waals surface area contributed by atoms with Gasteiger partial charge in [-0.2, -0.15) is 9.97 Å². The van der Waals surface area contributed by atoms with Crippen LogP contribution in [0.2, 0.25) is 0 Å². The number of likely N-dealkylation sites (tertiary alicyclic amines) is 1. The van der Waals surface area contributed by atoms with Gasteiger partial charge in [-0.05, 0) is 99.6 Å². The molecule has 4 aliphatic heterocycles. The van der Waals surface area contributed by atoms with Gasteiger partial charge in [0.1, 0.15) is 28.7 Å². The van der Waals surface area contributed by atoms with Crippen LogP contribution in [0.25, 0.3) is 32.8 Å². The maximum atomic E-state index is 17.0. The number of phenols is 1. The van der Waals surface area contributed by atoms with Gasteiger partial charge in [0.2, 0.25) is 0 Å². The molecule has 1 spiro atoms. The lowest BCUT2D eigenvalue weighted by atomic mass is 9.77. The van der Waals surface area contributed by atoms with Gasteiger partial charge in [0.05, 0.1) is 17.7 Å². The zero-order valence-corrected chi connectivity index (χ0v) is 28.0. The summed E-state index contributed by atoms with van der Waals surface area (Å²) in [7, 11) is 0. The van der Waals surface area contributed by atoms with Crippen molar-refractivity contribution in [2.24, 2.45) is 10.8 Å². The molecule has 5 heterocycles. The average Bonchev–Trinajstić information content (AvgIpc) is 3.58. The Bertz CT molecular complexity index is 2030.